The van der Waals surface area contributed by atoms with Gasteiger partial charge in [-0.2, -0.15) is 0 Å². The van der Waals surface area contributed by atoms with Gasteiger partial charge in [-0.05, 0) is 19.3 Å². The molecule has 1 aromatic heterocycles. The Labute approximate surface area is 111 Å². The lowest BCUT2D eigenvalue weighted by atomic mass is 10.2. The van der Waals surface area contributed by atoms with Crippen molar-refractivity contribution in [1.82, 2.24) is 4.98 Å². The van der Waals surface area contributed by atoms with Crippen LogP contribution in [0.15, 0.2) is 12.1 Å². The molecule has 4 N–H and O–H groups in total. The third-order valence-electron chi connectivity index (χ3n) is 2.50. The molecule has 0 fully saturated rings. The zero-order chi connectivity index (χ0) is 14.1. The van der Waals surface area contributed by atoms with E-state index in [-0.39, 0.29) is 11.5 Å². The summed E-state index contributed by atoms with van der Waals surface area (Å²) in [4.78, 5) is 14.3. The van der Waals surface area contributed by atoms with E-state index < -0.39 is 4.92 Å². The molecular weight excluding hydrogens is 250 g/mol. The van der Waals surface area contributed by atoms with Crippen LogP contribution in [0.4, 0.5) is 17.3 Å². The van der Waals surface area contributed by atoms with Crippen LogP contribution in [0.1, 0.15) is 19.3 Å². The second-order valence-electron chi connectivity index (χ2n) is 3.98. The summed E-state index contributed by atoms with van der Waals surface area (Å²) in [5, 5.41) is 13.8. The van der Waals surface area contributed by atoms with Crippen molar-refractivity contribution in [3.05, 3.63) is 22.2 Å². The number of hydrogen-bond donors (Lipinski definition) is 3. The molecule has 0 atom stereocenters. The van der Waals surface area contributed by atoms with Crippen LogP contribution in [-0.2, 0) is 4.74 Å². The van der Waals surface area contributed by atoms with Gasteiger partial charge < -0.3 is 15.5 Å². The molecule has 106 valence electrons. The minimum atomic E-state index is -0.480. The number of nitrogen functional groups attached to an aromatic ring is 1. The molecule has 0 aromatic carbocycles. The molecule has 0 aliphatic heterocycles. The molecule has 1 rings (SSSR count). The molecule has 0 spiro atoms. The van der Waals surface area contributed by atoms with E-state index >= 15 is 0 Å². The molecule has 0 radical (unpaired) electrons. The van der Waals surface area contributed by atoms with Gasteiger partial charge in [0.05, 0.1) is 17.1 Å². The quantitative estimate of drug-likeness (QED) is 0.269. The zero-order valence-electron chi connectivity index (χ0n) is 10.9. The van der Waals surface area contributed by atoms with Gasteiger partial charge in [0.1, 0.15) is 11.6 Å². The number of rotatable bonds is 9. The van der Waals surface area contributed by atoms with Crippen LogP contribution in [0.5, 0.6) is 0 Å². The molecule has 19 heavy (non-hydrogen) atoms. The highest BCUT2D eigenvalue weighted by Crippen LogP contribution is 2.19. The van der Waals surface area contributed by atoms with Crippen molar-refractivity contribution in [3.63, 3.8) is 0 Å². The molecule has 1 aromatic rings. The summed E-state index contributed by atoms with van der Waals surface area (Å²) in [7, 11) is 1.67. The zero-order valence-corrected chi connectivity index (χ0v) is 10.9. The first-order chi connectivity index (χ1) is 9.17. The molecule has 0 saturated carbocycles. The highest BCUT2D eigenvalue weighted by molar-refractivity contribution is 5.54. The Balaban J connectivity index is 2.48. The minimum absolute atomic E-state index is 0.0511. The third kappa shape index (κ3) is 5.49. The van der Waals surface area contributed by atoms with Crippen molar-refractivity contribution >= 4 is 17.3 Å². The molecule has 0 amide bonds. The lowest BCUT2D eigenvalue weighted by molar-refractivity contribution is -0.384. The number of unbranched alkanes of at least 4 members (excludes halogenated alkanes) is 2. The molecular formula is C11H19N5O3. The smallest absolute Gasteiger partial charge is 0.276 e. The summed E-state index contributed by atoms with van der Waals surface area (Å²) >= 11 is 0. The van der Waals surface area contributed by atoms with E-state index in [9.17, 15) is 10.1 Å². The third-order valence-corrected chi connectivity index (χ3v) is 2.50. The predicted molar refractivity (Wildman–Crippen MR) is 72.9 cm³/mol. The van der Waals surface area contributed by atoms with Crippen LogP contribution in [0.25, 0.3) is 0 Å². The second-order valence-corrected chi connectivity index (χ2v) is 3.98. The SMILES string of the molecule is COCCCCCNc1cc([N+](=O)[O-])cc(NN)n1. The molecule has 0 unspecified atom stereocenters. The Morgan fingerprint density at radius 2 is 2.11 bits per heavy atom. The Morgan fingerprint density at radius 1 is 1.37 bits per heavy atom. The first-order valence-corrected chi connectivity index (χ1v) is 6.03. The van der Waals surface area contributed by atoms with Crippen LogP contribution in [-0.4, -0.2) is 30.2 Å². The highest BCUT2D eigenvalue weighted by atomic mass is 16.6. The molecule has 8 heteroatoms. The topological polar surface area (TPSA) is 115 Å². The van der Waals surface area contributed by atoms with E-state index in [1.807, 2.05) is 0 Å². The van der Waals surface area contributed by atoms with Crippen molar-refractivity contribution in [3.8, 4) is 0 Å². The maximum atomic E-state index is 10.7. The second kappa shape index (κ2) is 8.22. The van der Waals surface area contributed by atoms with Gasteiger partial charge in [0, 0.05) is 20.3 Å². The van der Waals surface area contributed by atoms with Crippen LogP contribution in [0.2, 0.25) is 0 Å². The van der Waals surface area contributed by atoms with Crippen molar-refractivity contribution in [2.24, 2.45) is 5.84 Å². The molecule has 0 aliphatic carbocycles. The molecule has 1 heterocycles. The fourth-order valence-electron chi connectivity index (χ4n) is 1.55. The summed E-state index contributed by atoms with van der Waals surface area (Å²) in [6, 6.07) is 2.67. The summed E-state index contributed by atoms with van der Waals surface area (Å²) in [6.07, 6.45) is 2.97. The van der Waals surface area contributed by atoms with Gasteiger partial charge in [-0.25, -0.2) is 10.8 Å². The van der Waals surface area contributed by atoms with E-state index in [2.05, 4.69) is 15.7 Å². The maximum absolute atomic E-state index is 10.7. The van der Waals surface area contributed by atoms with E-state index in [1.165, 1.54) is 12.1 Å². The van der Waals surface area contributed by atoms with Crippen LogP contribution >= 0.6 is 0 Å². The first kappa shape index (κ1) is 15.1. The largest absolute Gasteiger partial charge is 0.385 e. The minimum Gasteiger partial charge on any atom is -0.385 e. The van der Waals surface area contributed by atoms with Crippen molar-refractivity contribution < 1.29 is 9.66 Å². The van der Waals surface area contributed by atoms with Gasteiger partial charge in [-0.3, -0.25) is 10.1 Å². The number of hydrazine groups is 1. The van der Waals surface area contributed by atoms with Gasteiger partial charge in [0.2, 0.25) is 0 Å². The van der Waals surface area contributed by atoms with Gasteiger partial charge in [0.15, 0.2) is 0 Å². The van der Waals surface area contributed by atoms with Crippen LogP contribution in [0, 0.1) is 10.1 Å². The lowest BCUT2D eigenvalue weighted by Crippen LogP contribution is -2.11. The average molecular weight is 269 g/mol. The lowest BCUT2D eigenvalue weighted by Gasteiger charge is -2.07. The number of hydrogen-bond acceptors (Lipinski definition) is 7. The van der Waals surface area contributed by atoms with E-state index in [0.717, 1.165) is 25.9 Å². The fraction of sp³-hybridized carbons (Fsp3) is 0.545. The molecule has 8 nitrogen and oxygen atoms in total. The van der Waals surface area contributed by atoms with Gasteiger partial charge in [0.25, 0.3) is 5.69 Å². The number of nitrogens with two attached hydrogens (primary N) is 1. The first-order valence-electron chi connectivity index (χ1n) is 6.03. The van der Waals surface area contributed by atoms with Crippen LogP contribution in [0.3, 0.4) is 0 Å². The summed E-state index contributed by atoms with van der Waals surface area (Å²) < 4.78 is 4.95. The summed E-state index contributed by atoms with van der Waals surface area (Å²) in [6.45, 7) is 1.44. The van der Waals surface area contributed by atoms with Crippen molar-refractivity contribution in [2.45, 2.75) is 19.3 Å². The van der Waals surface area contributed by atoms with Crippen molar-refractivity contribution in [1.29, 1.82) is 0 Å². The summed E-state index contributed by atoms with van der Waals surface area (Å²) in [5.74, 6) is 5.92. The Bertz CT molecular complexity index is 413. The summed E-state index contributed by atoms with van der Waals surface area (Å²) in [5.41, 5.74) is 2.26. The number of nitrogens with one attached hydrogen (secondary N) is 2. The highest BCUT2D eigenvalue weighted by Gasteiger charge is 2.10. The number of aromatic nitrogens is 1. The van der Waals surface area contributed by atoms with Crippen LogP contribution < -0.4 is 16.6 Å². The standard InChI is InChI=1S/C11H19N5O3/c1-19-6-4-2-3-5-13-10-7-9(16(17)18)8-11(14-10)15-12/h7-8H,2-6,12H2,1H3,(H2,13,14,15). The predicted octanol–water partition coefficient (Wildman–Crippen LogP) is 1.50. The fourth-order valence-corrected chi connectivity index (χ4v) is 1.55. The molecule has 0 aliphatic rings. The number of anilines is 2. The Kier molecular flexibility index (Phi) is 6.55. The molecule has 0 bridgehead atoms. The normalized spacial score (nSPS) is 10.2. The Morgan fingerprint density at radius 3 is 2.74 bits per heavy atom. The van der Waals surface area contributed by atoms with E-state index in [4.69, 9.17) is 10.6 Å². The monoisotopic (exact) mass is 269 g/mol. The van der Waals surface area contributed by atoms with Crippen molar-refractivity contribution in [2.75, 3.05) is 31.0 Å². The average Bonchev–Trinajstić information content (AvgIpc) is 2.42. The number of nitrogens with zero attached hydrogens (tertiary/aromatic N) is 2. The van der Waals surface area contributed by atoms with Gasteiger partial charge in [-0.15, -0.1) is 0 Å². The van der Waals surface area contributed by atoms with Gasteiger partial charge >= 0.3 is 0 Å². The Hall–Kier alpha value is -1.93. The molecule has 0 saturated heterocycles. The number of pyridine rings is 1. The number of ether oxygens (including phenoxy) is 1. The van der Waals surface area contributed by atoms with E-state index in [1.54, 1.807) is 7.11 Å². The maximum Gasteiger partial charge on any atom is 0.276 e. The number of methoxy groups -OCH3 is 1. The van der Waals surface area contributed by atoms with E-state index in [0.29, 0.717) is 12.4 Å². The number of nitro groups is 1. The van der Waals surface area contributed by atoms with Gasteiger partial charge in [-0.1, -0.05) is 0 Å².